The van der Waals surface area contributed by atoms with Gasteiger partial charge in [-0.3, -0.25) is 29.3 Å². The number of carbonyl (C=O) groups is 4. The Labute approximate surface area is 327 Å². The van der Waals surface area contributed by atoms with E-state index in [-0.39, 0.29) is 11.4 Å². The van der Waals surface area contributed by atoms with Crippen molar-refractivity contribution in [2.75, 3.05) is 18.6 Å². The molecule has 15 heteroatoms. The van der Waals surface area contributed by atoms with Crippen LogP contribution in [0.5, 0.6) is 0 Å². The fourth-order valence-electron chi connectivity index (χ4n) is 7.12. The molecule has 0 spiro atoms. The van der Waals surface area contributed by atoms with Crippen molar-refractivity contribution in [2.45, 2.75) is 50.3 Å². The molecule has 1 saturated heterocycles. The topological polar surface area (TPSA) is 170 Å². The Balaban J connectivity index is 1.67. The van der Waals surface area contributed by atoms with Crippen LogP contribution in [-0.2, 0) is 44.7 Å². The van der Waals surface area contributed by atoms with E-state index in [9.17, 15) is 24.5 Å². The molecule has 0 unspecified atom stereocenters. The van der Waals surface area contributed by atoms with E-state index < -0.39 is 64.3 Å². The van der Waals surface area contributed by atoms with E-state index in [2.05, 4.69) is 5.11 Å². The molecular weight excluding hydrogens is 739 g/mol. The molecular formula is C41H39N5O9S. The summed E-state index contributed by atoms with van der Waals surface area (Å²) in [4.78, 5) is 68.6. The molecule has 5 atom stereocenters. The molecule has 2 aliphatic heterocycles. The highest BCUT2D eigenvalue weighted by atomic mass is 32.2. The van der Waals surface area contributed by atoms with Crippen LogP contribution in [0.2, 0.25) is 0 Å². The van der Waals surface area contributed by atoms with Crippen LogP contribution in [0.15, 0.2) is 136 Å². The zero-order chi connectivity index (χ0) is 40.0. The molecule has 0 aliphatic carbocycles. The molecule has 0 aromatic heterocycles. The summed E-state index contributed by atoms with van der Waals surface area (Å²) in [7, 11) is 1.86. The third kappa shape index (κ3) is 8.17. The number of benzene rings is 4. The number of non-ortho nitro benzene ring substituents is 1. The summed E-state index contributed by atoms with van der Waals surface area (Å²) in [5.74, 6) is -3.78. The summed E-state index contributed by atoms with van der Waals surface area (Å²) in [5.41, 5.74) is 2.30. The summed E-state index contributed by atoms with van der Waals surface area (Å²) in [6.45, 7) is 3.45. The lowest BCUT2D eigenvalue weighted by atomic mass is 9.71. The van der Waals surface area contributed by atoms with Crippen molar-refractivity contribution < 1.29 is 38.3 Å². The standard InChI is InChI=1S/C41H39N5O9S/c1-26(47)53-25-34(54-27(2)48)37-38(55-28(3)49)35-36(43-42-31-18-12-7-13-19-31)39(44(4)24-29-14-8-5-9-15-29)56-41(35,30-16-10-6-11-17-30)40(50)45(37)32-20-22-33(23-21-32)46(51)52/h5-23,34-35,37-38H,24-25H2,1-4H3/t34-,35-,37-,38-,41+/m1/s1. The number of carbonyl (C=O) groups excluding carboxylic acids is 4. The van der Waals surface area contributed by atoms with E-state index in [1.807, 2.05) is 66.5 Å². The first-order chi connectivity index (χ1) is 26.9. The van der Waals surface area contributed by atoms with Crippen molar-refractivity contribution in [1.29, 1.82) is 0 Å². The van der Waals surface area contributed by atoms with Crippen LogP contribution >= 0.6 is 11.8 Å². The normalized spacial score (nSPS) is 21.0. The van der Waals surface area contributed by atoms with Gasteiger partial charge in [-0.15, -0.1) is 0 Å². The van der Waals surface area contributed by atoms with E-state index in [1.165, 1.54) is 54.8 Å². The summed E-state index contributed by atoms with van der Waals surface area (Å²) in [5, 5.41) is 21.7. The molecule has 0 radical (unpaired) electrons. The van der Waals surface area contributed by atoms with Gasteiger partial charge in [-0.2, -0.15) is 10.2 Å². The van der Waals surface area contributed by atoms with Crippen LogP contribution < -0.4 is 4.90 Å². The van der Waals surface area contributed by atoms with Gasteiger partial charge in [0.2, 0.25) is 5.91 Å². The van der Waals surface area contributed by atoms with Gasteiger partial charge in [-0.1, -0.05) is 90.6 Å². The van der Waals surface area contributed by atoms with Crippen molar-refractivity contribution in [3.05, 3.63) is 147 Å². The summed E-state index contributed by atoms with van der Waals surface area (Å²) < 4.78 is 15.9. The number of ether oxygens (including phenoxy) is 3. The van der Waals surface area contributed by atoms with Gasteiger partial charge in [0.1, 0.15) is 29.2 Å². The van der Waals surface area contributed by atoms with Crippen LogP contribution in [0.3, 0.4) is 0 Å². The van der Waals surface area contributed by atoms with Crippen LogP contribution in [0.25, 0.3) is 0 Å². The second-order valence-electron chi connectivity index (χ2n) is 13.2. The van der Waals surface area contributed by atoms with Crippen molar-refractivity contribution >= 4 is 52.6 Å². The molecule has 0 N–H and O–H groups in total. The Morgan fingerprint density at radius 2 is 1.46 bits per heavy atom. The van der Waals surface area contributed by atoms with Gasteiger partial charge in [0.05, 0.1) is 21.6 Å². The highest BCUT2D eigenvalue weighted by molar-refractivity contribution is 8.05. The smallest absolute Gasteiger partial charge is 0.303 e. The van der Waals surface area contributed by atoms with Crippen molar-refractivity contribution in [2.24, 2.45) is 16.1 Å². The van der Waals surface area contributed by atoms with Crippen LogP contribution in [0.4, 0.5) is 17.1 Å². The van der Waals surface area contributed by atoms with E-state index in [0.29, 0.717) is 28.5 Å². The molecule has 4 aromatic carbocycles. The Kier molecular flexibility index (Phi) is 11.9. The first-order valence-electron chi connectivity index (χ1n) is 17.7. The Morgan fingerprint density at radius 1 is 0.857 bits per heavy atom. The molecule has 0 bridgehead atoms. The minimum atomic E-state index is -1.60. The number of piperidine rings is 1. The number of nitro benzene ring substituents is 1. The second-order valence-corrected chi connectivity index (χ2v) is 14.4. The van der Waals surface area contributed by atoms with Crippen LogP contribution in [-0.4, -0.2) is 65.5 Å². The van der Waals surface area contributed by atoms with Gasteiger partial charge in [0.25, 0.3) is 5.69 Å². The molecule has 6 rings (SSSR count). The number of hydrogen-bond donors (Lipinski definition) is 0. The number of thioether (sulfide) groups is 1. The predicted molar refractivity (Wildman–Crippen MR) is 207 cm³/mol. The van der Waals surface area contributed by atoms with Gasteiger partial charge in [0.15, 0.2) is 6.10 Å². The average molecular weight is 778 g/mol. The van der Waals surface area contributed by atoms with Gasteiger partial charge in [-0.25, -0.2) is 0 Å². The highest BCUT2D eigenvalue weighted by Crippen LogP contribution is 2.63. The van der Waals surface area contributed by atoms with Crippen molar-refractivity contribution in [1.82, 2.24) is 4.90 Å². The second kappa shape index (κ2) is 17.0. The first-order valence-corrected chi connectivity index (χ1v) is 18.5. The number of fused-ring (bicyclic) bond motifs is 1. The van der Waals surface area contributed by atoms with Gasteiger partial charge >= 0.3 is 17.9 Å². The van der Waals surface area contributed by atoms with Gasteiger partial charge < -0.3 is 24.0 Å². The van der Waals surface area contributed by atoms with Crippen molar-refractivity contribution in [3.8, 4) is 0 Å². The Hall–Kier alpha value is -6.35. The minimum Gasteiger partial charge on any atom is -0.462 e. The lowest BCUT2D eigenvalue weighted by molar-refractivity contribution is -0.384. The first kappa shape index (κ1) is 39.3. The van der Waals surface area contributed by atoms with Crippen LogP contribution in [0, 0.1) is 16.0 Å². The Bertz CT molecular complexity index is 2150. The molecule has 1 amide bonds. The number of hydrogen-bond acceptors (Lipinski definition) is 13. The molecule has 2 heterocycles. The summed E-state index contributed by atoms with van der Waals surface area (Å²) in [6.07, 6.45) is -2.72. The maximum atomic E-state index is 15.9. The molecule has 14 nitrogen and oxygen atoms in total. The van der Waals surface area contributed by atoms with E-state index in [0.717, 1.165) is 12.5 Å². The van der Waals surface area contributed by atoms with Crippen molar-refractivity contribution in [3.63, 3.8) is 0 Å². The minimum absolute atomic E-state index is 0.177. The molecule has 4 aromatic rings. The lowest BCUT2D eigenvalue weighted by Gasteiger charge is -2.52. The zero-order valence-corrected chi connectivity index (χ0v) is 31.8. The molecule has 288 valence electrons. The van der Waals surface area contributed by atoms with Crippen LogP contribution in [0.1, 0.15) is 31.9 Å². The quantitative estimate of drug-likeness (QED) is 0.0447. The molecule has 2 aliphatic rings. The number of rotatable bonds is 13. The number of azo groups is 1. The maximum Gasteiger partial charge on any atom is 0.303 e. The largest absolute Gasteiger partial charge is 0.462 e. The number of nitrogens with zero attached hydrogens (tertiary/aromatic N) is 5. The Morgan fingerprint density at radius 3 is 2.04 bits per heavy atom. The fourth-order valence-corrected chi connectivity index (χ4v) is 8.73. The lowest BCUT2D eigenvalue weighted by Crippen LogP contribution is -2.69. The maximum absolute atomic E-state index is 15.9. The average Bonchev–Trinajstić information content (AvgIpc) is 3.54. The van der Waals surface area contributed by atoms with Gasteiger partial charge in [0, 0.05) is 52.2 Å². The summed E-state index contributed by atoms with van der Waals surface area (Å²) >= 11 is 1.22. The fraction of sp³-hybridized carbons (Fsp3) is 0.268. The molecule has 1 fully saturated rings. The summed E-state index contributed by atoms with van der Waals surface area (Å²) in [6, 6.07) is 31.6. The highest BCUT2D eigenvalue weighted by Gasteiger charge is 2.68. The SMILES string of the molecule is CC(=O)OC[C@@H](OC(C)=O)[C@@H]1[C@H](OC(C)=O)[C@H]2C(N=Nc3ccccc3)=C(N(C)Cc3ccccc3)S[C@]2(c2ccccc2)C(=O)N1c1ccc([N+](=O)[O-])cc1. The number of amides is 1. The molecule has 0 saturated carbocycles. The zero-order valence-electron chi connectivity index (χ0n) is 31.0. The number of esters is 3. The third-order valence-electron chi connectivity index (χ3n) is 9.34. The monoisotopic (exact) mass is 777 g/mol. The van der Waals surface area contributed by atoms with E-state index >= 15 is 4.79 Å². The number of anilines is 1. The molecule has 56 heavy (non-hydrogen) atoms. The van der Waals surface area contributed by atoms with Gasteiger partial charge in [-0.05, 0) is 35.4 Å². The predicted octanol–water partition coefficient (Wildman–Crippen LogP) is 7.08. The van der Waals surface area contributed by atoms with E-state index in [1.54, 1.807) is 36.4 Å². The third-order valence-corrected chi connectivity index (χ3v) is 11.0. The van der Waals surface area contributed by atoms with E-state index in [4.69, 9.17) is 19.3 Å². The number of nitro groups is 1.